The van der Waals surface area contributed by atoms with Crippen molar-refractivity contribution in [2.24, 2.45) is 5.92 Å². The summed E-state index contributed by atoms with van der Waals surface area (Å²) in [6, 6.07) is 0. The minimum Gasteiger partial charge on any atom is -0.339 e. The molecule has 1 fully saturated rings. The van der Waals surface area contributed by atoms with Crippen molar-refractivity contribution < 1.29 is 4.79 Å². The van der Waals surface area contributed by atoms with Crippen molar-refractivity contribution in [3.8, 4) is 0 Å². The highest BCUT2D eigenvalue weighted by atomic mass is 16.2. The summed E-state index contributed by atoms with van der Waals surface area (Å²) in [4.78, 5) is 13.9. The van der Waals surface area contributed by atoms with Crippen LogP contribution in [0.5, 0.6) is 0 Å². The number of hydrogen-bond acceptors (Lipinski definition) is 1. The van der Waals surface area contributed by atoms with E-state index in [0.29, 0.717) is 11.8 Å². The molecule has 114 valence electrons. The third-order valence-electron chi connectivity index (χ3n) is 3.75. The van der Waals surface area contributed by atoms with Crippen LogP contribution < -0.4 is 0 Å². The van der Waals surface area contributed by atoms with Crippen LogP contribution in [0.3, 0.4) is 0 Å². The van der Waals surface area contributed by atoms with E-state index in [1.54, 1.807) is 0 Å². The lowest BCUT2D eigenvalue weighted by atomic mass is 10.2. The minimum absolute atomic E-state index is 0.342. The highest BCUT2D eigenvalue weighted by Gasteiger charge is 2.32. The zero-order chi connectivity index (χ0) is 14.6. The van der Waals surface area contributed by atoms with E-state index < -0.39 is 0 Å². The summed E-state index contributed by atoms with van der Waals surface area (Å²) in [5, 5.41) is 0. The molecule has 1 saturated carbocycles. The van der Waals surface area contributed by atoms with E-state index >= 15 is 0 Å². The summed E-state index contributed by atoms with van der Waals surface area (Å²) in [6.45, 7) is 5.91. The molecule has 0 N–H and O–H groups in total. The van der Waals surface area contributed by atoms with Gasteiger partial charge in [0.25, 0.3) is 0 Å². The Bertz CT molecular complexity index is 315. The Kier molecular flexibility index (Phi) is 9.10. The van der Waals surface area contributed by atoms with Crippen molar-refractivity contribution in [1.29, 1.82) is 0 Å². The molecule has 1 amide bonds. The number of unbranched alkanes of at least 4 members (excludes halogenated alkanes) is 4. The quantitative estimate of drug-likeness (QED) is 0.395. The molecule has 0 aromatic rings. The molecule has 0 unspecified atom stereocenters. The zero-order valence-corrected chi connectivity index (χ0v) is 13.3. The lowest BCUT2D eigenvalue weighted by Crippen LogP contribution is -2.32. The van der Waals surface area contributed by atoms with Gasteiger partial charge in [-0.1, -0.05) is 44.1 Å². The fraction of sp³-hybridized carbons (Fsp3) is 0.722. The zero-order valence-electron chi connectivity index (χ0n) is 13.3. The Morgan fingerprint density at radius 2 is 1.65 bits per heavy atom. The van der Waals surface area contributed by atoms with Crippen LogP contribution in [0, 0.1) is 5.92 Å². The van der Waals surface area contributed by atoms with Crippen LogP contribution in [0.4, 0.5) is 0 Å². The summed E-state index contributed by atoms with van der Waals surface area (Å²) in [6.07, 6.45) is 18.5. The van der Waals surface area contributed by atoms with E-state index in [1.807, 2.05) is 4.90 Å². The first-order valence-corrected chi connectivity index (χ1v) is 8.38. The fourth-order valence-electron chi connectivity index (χ4n) is 2.22. The summed E-state index contributed by atoms with van der Waals surface area (Å²) < 4.78 is 0. The molecule has 0 aromatic carbocycles. The normalized spacial score (nSPS) is 15.3. The number of carbonyl (C=O) groups is 1. The first-order chi connectivity index (χ1) is 9.79. The van der Waals surface area contributed by atoms with E-state index in [9.17, 15) is 4.79 Å². The number of likely N-dealkylation sites (N-methyl/N-ethyl adjacent to an activating group) is 1. The van der Waals surface area contributed by atoms with Gasteiger partial charge in [0.1, 0.15) is 0 Å². The maximum absolute atomic E-state index is 11.9. The summed E-state index contributed by atoms with van der Waals surface area (Å²) >= 11 is 0. The van der Waals surface area contributed by atoms with Gasteiger partial charge in [-0.15, -0.1) is 0 Å². The second-order valence-corrected chi connectivity index (χ2v) is 5.67. The molecule has 20 heavy (non-hydrogen) atoms. The smallest absolute Gasteiger partial charge is 0.225 e. The van der Waals surface area contributed by atoms with Crippen LogP contribution in [-0.4, -0.2) is 23.9 Å². The molecular formula is C18H31NO. The van der Waals surface area contributed by atoms with Gasteiger partial charge >= 0.3 is 0 Å². The van der Waals surface area contributed by atoms with Crippen molar-refractivity contribution in [3.05, 3.63) is 24.3 Å². The van der Waals surface area contributed by atoms with Gasteiger partial charge in [0.05, 0.1) is 0 Å². The van der Waals surface area contributed by atoms with Crippen LogP contribution in [0.2, 0.25) is 0 Å². The molecule has 0 spiro atoms. The third kappa shape index (κ3) is 7.52. The molecule has 2 heteroatoms. The molecule has 0 radical (unpaired) electrons. The average Bonchev–Trinajstić information content (AvgIpc) is 3.29. The van der Waals surface area contributed by atoms with E-state index in [0.717, 1.165) is 38.8 Å². The van der Waals surface area contributed by atoms with Crippen molar-refractivity contribution >= 4 is 5.91 Å². The molecule has 0 heterocycles. The van der Waals surface area contributed by atoms with Gasteiger partial charge in [0, 0.05) is 19.0 Å². The lowest BCUT2D eigenvalue weighted by Gasteiger charge is -2.18. The second-order valence-electron chi connectivity index (χ2n) is 5.67. The maximum Gasteiger partial charge on any atom is 0.225 e. The summed E-state index contributed by atoms with van der Waals surface area (Å²) in [7, 11) is 0. The Morgan fingerprint density at radius 1 is 1.00 bits per heavy atom. The first kappa shape index (κ1) is 17.0. The molecular weight excluding hydrogens is 246 g/mol. The number of allylic oxidation sites excluding steroid dienone is 3. The Labute approximate surface area is 124 Å². The number of amides is 1. The predicted molar refractivity (Wildman–Crippen MR) is 86.6 cm³/mol. The van der Waals surface area contributed by atoms with Gasteiger partial charge in [-0.2, -0.15) is 0 Å². The van der Waals surface area contributed by atoms with Crippen LogP contribution in [0.25, 0.3) is 0 Å². The molecule has 0 aromatic heterocycles. The molecule has 0 bridgehead atoms. The molecule has 1 aliphatic rings. The molecule has 0 atom stereocenters. The molecule has 2 nitrogen and oxygen atoms in total. The molecule has 1 rings (SSSR count). The van der Waals surface area contributed by atoms with Gasteiger partial charge in [-0.05, 0) is 45.4 Å². The highest BCUT2D eigenvalue weighted by molar-refractivity contribution is 5.81. The Balaban J connectivity index is 2.04. The van der Waals surface area contributed by atoms with Gasteiger partial charge in [0.15, 0.2) is 0 Å². The molecule has 0 saturated heterocycles. The first-order valence-electron chi connectivity index (χ1n) is 8.38. The van der Waals surface area contributed by atoms with Crippen LogP contribution >= 0.6 is 0 Å². The van der Waals surface area contributed by atoms with Gasteiger partial charge < -0.3 is 4.90 Å². The minimum atomic E-state index is 0.342. The summed E-state index contributed by atoms with van der Waals surface area (Å²) in [5.41, 5.74) is 0. The standard InChI is InChI=1S/C18H31NO/c1-3-5-6-7-8-9-10-11-12-13-16-19(4-2)18(20)17-14-15-17/h8-9,12-13,17H,3-7,10-11,14-16H2,1-2H3. The van der Waals surface area contributed by atoms with Crippen molar-refractivity contribution in [2.45, 2.75) is 65.2 Å². The van der Waals surface area contributed by atoms with E-state index in [1.165, 1.54) is 25.7 Å². The van der Waals surface area contributed by atoms with Gasteiger partial charge in [-0.3, -0.25) is 4.79 Å². The Hall–Kier alpha value is -1.05. The van der Waals surface area contributed by atoms with Crippen molar-refractivity contribution in [3.63, 3.8) is 0 Å². The van der Waals surface area contributed by atoms with Crippen molar-refractivity contribution in [2.75, 3.05) is 13.1 Å². The van der Waals surface area contributed by atoms with Gasteiger partial charge in [-0.25, -0.2) is 0 Å². The summed E-state index contributed by atoms with van der Waals surface area (Å²) in [5.74, 6) is 0.697. The number of hydrogen-bond donors (Lipinski definition) is 0. The largest absolute Gasteiger partial charge is 0.339 e. The Morgan fingerprint density at radius 3 is 2.25 bits per heavy atom. The molecule has 1 aliphatic carbocycles. The highest BCUT2D eigenvalue weighted by Crippen LogP contribution is 2.30. The average molecular weight is 277 g/mol. The molecule has 0 aliphatic heterocycles. The number of carbonyl (C=O) groups excluding carboxylic acids is 1. The SMILES string of the molecule is CCCCCC=CCCC=CCN(CC)C(=O)C1CC1. The van der Waals surface area contributed by atoms with E-state index in [2.05, 4.69) is 38.2 Å². The predicted octanol–water partition coefficient (Wildman–Crippen LogP) is 4.72. The number of rotatable bonds is 11. The van der Waals surface area contributed by atoms with E-state index in [-0.39, 0.29) is 0 Å². The monoisotopic (exact) mass is 277 g/mol. The second kappa shape index (κ2) is 10.7. The topological polar surface area (TPSA) is 20.3 Å². The van der Waals surface area contributed by atoms with Crippen LogP contribution in [-0.2, 0) is 4.79 Å². The number of nitrogens with zero attached hydrogens (tertiary/aromatic N) is 1. The van der Waals surface area contributed by atoms with Gasteiger partial charge in [0.2, 0.25) is 5.91 Å². The van der Waals surface area contributed by atoms with Crippen LogP contribution in [0.15, 0.2) is 24.3 Å². The van der Waals surface area contributed by atoms with E-state index in [4.69, 9.17) is 0 Å². The fourth-order valence-corrected chi connectivity index (χ4v) is 2.22. The van der Waals surface area contributed by atoms with Crippen molar-refractivity contribution in [1.82, 2.24) is 4.90 Å². The lowest BCUT2D eigenvalue weighted by molar-refractivity contribution is -0.131. The van der Waals surface area contributed by atoms with Crippen LogP contribution in [0.1, 0.15) is 65.2 Å². The maximum atomic E-state index is 11.9. The third-order valence-corrected chi connectivity index (χ3v) is 3.75.